The highest BCUT2D eigenvalue weighted by atomic mass is 19.1. The molecule has 0 atom stereocenters. The Balaban J connectivity index is 2.12. The largest absolute Gasteiger partial charge is 0.481 e. The van der Waals surface area contributed by atoms with Crippen LogP contribution in [0.3, 0.4) is 0 Å². The van der Waals surface area contributed by atoms with Gasteiger partial charge in [-0.3, -0.25) is 9.59 Å². The van der Waals surface area contributed by atoms with E-state index in [-0.39, 0.29) is 12.0 Å². The molecular formula is C16H14FNO3. The summed E-state index contributed by atoms with van der Waals surface area (Å²) < 4.78 is 13.8. The quantitative estimate of drug-likeness (QED) is 0.908. The minimum absolute atomic E-state index is 0.0235. The Kier molecular flexibility index (Phi) is 4.33. The molecule has 2 N–H and O–H groups in total. The molecule has 0 aliphatic rings. The van der Waals surface area contributed by atoms with Crippen molar-refractivity contribution >= 4 is 17.6 Å². The number of anilines is 1. The van der Waals surface area contributed by atoms with Gasteiger partial charge in [0.15, 0.2) is 0 Å². The zero-order valence-corrected chi connectivity index (χ0v) is 11.4. The molecule has 108 valence electrons. The topological polar surface area (TPSA) is 66.4 Å². The van der Waals surface area contributed by atoms with E-state index in [0.717, 1.165) is 0 Å². The van der Waals surface area contributed by atoms with Crippen LogP contribution >= 0.6 is 0 Å². The summed E-state index contributed by atoms with van der Waals surface area (Å²) in [6.45, 7) is 1.59. The summed E-state index contributed by atoms with van der Waals surface area (Å²) in [6.07, 6.45) is -0.0826. The first-order valence-electron chi connectivity index (χ1n) is 6.34. The van der Waals surface area contributed by atoms with Gasteiger partial charge in [0, 0.05) is 5.69 Å². The van der Waals surface area contributed by atoms with E-state index in [1.165, 1.54) is 6.07 Å². The third-order valence-electron chi connectivity index (χ3n) is 3.00. The molecule has 0 spiro atoms. The van der Waals surface area contributed by atoms with Crippen LogP contribution < -0.4 is 5.32 Å². The van der Waals surface area contributed by atoms with Crippen molar-refractivity contribution in [2.45, 2.75) is 13.3 Å². The van der Waals surface area contributed by atoms with Gasteiger partial charge in [-0.2, -0.15) is 0 Å². The van der Waals surface area contributed by atoms with Crippen LogP contribution in [0.2, 0.25) is 0 Å². The second-order valence-corrected chi connectivity index (χ2v) is 4.66. The van der Waals surface area contributed by atoms with Crippen LogP contribution in [0.4, 0.5) is 10.1 Å². The highest BCUT2D eigenvalue weighted by Crippen LogP contribution is 2.15. The maximum atomic E-state index is 13.8. The van der Waals surface area contributed by atoms with Crippen molar-refractivity contribution in [1.29, 1.82) is 0 Å². The summed E-state index contributed by atoms with van der Waals surface area (Å²) in [5.41, 5.74) is 1.49. The number of nitrogens with one attached hydrogen (secondary N) is 1. The van der Waals surface area contributed by atoms with Crippen molar-refractivity contribution < 1.29 is 19.1 Å². The highest BCUT2D eigenvalue weighted by molar-refractivity contribution is 6.04. The lowest BCUT2D eigenvalue weighted by atomic mass is 10.1. The van der Waals surface area contributed by atoms with Gasteiger partial charge in [-0.05, 0) is 36.2 Å². The van der Waals surface area contributed by atoms with E-state index < -0.39 is 17.7 Å². The molecule has 0 aromatic heterocycles. The Morgan fingerprint density at radius 2 is 1.81 bits per heavy atom. The van der Waals surface area contributed by atoms with Gasteiger partial charge in [0.25, 0.3) is 5.91 Å². The molecule has 2 aromatic rings. The van der Waals surface area contributed by atoms with Gasteiger partial charge in [0.1, 0.15) is 5.82 Å². The van der Waals surface area contributed by atoms with Crippen LogP contribution in [0.1, 0.15) is 21.5 Å². The first-order valence-corrected chi connectivity index (χ1v) is 6.34. The summed E-state index contributed by atoms with van der Waals surface area (Å²) in [4.78, 5) is 22.6. The number of carboxylic acids is 1. The molecule has 0 bridgehead atoms. The van der Waals surface area contributed by atoms with E-state index in [0.29, 0.717) is 16.8 Å². The van der Waals surface area contributed by atoms with Gasteiger partial charge in [0.2, 0.25) is 0 Å². The van der Waals surface area contributed by atoms with E-state index >= 15 is 0 Å². The molecule has 0 radical (unpaired) electrons. The van der Waals surface area contributed by atoms with Crippen molar-refractivity contribution in [1.82, 2.24) is 0 Å². The Hall–Kier alpha value is -2.69. The number of hydrogen-bond donors (Lipinski definition) is 2. The lowest BCUT2D eigenvalue weighted by Gasteiger charge is -2.08. The normalized spacial score (nSPS) is 10.2. The fourth-order valence-electron chi connectivity index (χ4n) is 1.90. The zero-order valence-electron chi connectivity index (χ0n) is 11.4. The van der Waals surface area contributed by atoms with Crippen LogP contribution in [0.5, 0.6) is 0 Å². The molecule has 0 saturated carbocycles. The van der Waals surface area contributed by atoms with E-state index in [1.807, 2.05) is 0 Å². The van der Waals surface area contributed by atoms with Crippen molar-refractivity contribution in [2.24, 2.45) is 0 Å². The molecule has 0 unspecified atom stereocenters. The predicted molar refractivity (Wildman–Crippen MR) is 76.9 cm³/mol. The third-order valence-corrected chi connectivity index (χ3v) is 3.00. The molecule has 0 saturated heterocycles. The number of carboxylic acid groups (broad SMARTS) is 1. The summed E-state index contributed by atoms with van der Waals surface area (Å²) in [5.74, 6) is -2.01. The number of rotatable bonds is 4. The van der Waals surface area contributed by atoms with Gasteiger partial charge in [-0.25, -0.2) is 4.39 Å². The molecule has 0 aliphatic heterocycles. The second-order valence-electron chi connectivity index (χ2n) is 4.66. The number of carbonyl (C=O) groups is 2. The number of carbonyl (C=O) groups excluding carboxylic acids is 1. The molecule has 4 nitrogen and oxygen atoms in total. The first kappa shape index (κ1) is 14.7. The van der Waals surface area contributed by atoms with Gasteiger partial charge in [0.05, 0.1) is 12.0 Å². The fraction of sp³-hybridized carbons (Fsp3) is 0.125. The summed E-state index contributed by atoms with van der Waals surface area (Å²) in [7, 11) is 0. The average Bonchev–Trinajstić information content (AvgIpc) is 2.43. The van der Waals surface area contributed by atoms with Crippen molar-refractivity contribution in [3.63, 3.8) is 0 Å². The molecular weight excluding hydrogens is 273 g/mol. The Bertz CT molecular complexity index is 680. The van der Waals surface area contributed by atoms with Crippen LogP contribution in [-0.2, 0) is 11.2 Å². The van der Waals surface area contributed by atoms with Crippen molar-refractivity contribution in [3.05, 3.63) is 65.0 Å². The molecule has 0 fully saturated rings. The Morgan fingerprint density at radius 1 is 1.14 bits per heavy atom. The monoisotopic (exact) mass is 287 g/mol. The second kappa shape index (κ2) is 6.17. The molecule has 0 aliphatic carbocycles. The maximum absolute atomic E-state index is 13.8. The number of hydrogen-bond acceptors (Lipinski definition) is 2. The summed E-state index contributed by atoms with van der Waals surface area (Å²) in [5, 5.41) is 11.3. The molecule has 2 aromatic carbocycles. The number of aryl methyl sites for hydroxylation is 1. The zero-order chi connectivity index (χ0) is 15.4. The molecule has 21 heavy (non-hydrogen) atoms. The fourth-order valence-corrected chi connectivity index (χ4v) is 1.90. The van der Waals surface area contributed by atoms with E-state index in [4.69, 9.17) is 5.11 Å². The average molecular weight is 287 g/mol. The van der Waals surface area contributed by atoms with Crippen LogP contribution in [0, 0.1) is 12.7 Å². The van der Waals surface area contributed by atoms with Gasteiger partial charge in [-0.15, -0.1) is 0 Å². The van der Waals surface area contributed by atoms with E-state index in [2.05, 4.69) is 5.32 Å². The molecule has 0 heterocycles. The summed E-state index contributed by atoms with van der Waals surface area (Å²) in [6, 6.07) is 11.0. The number of amides is 1. The first-order chi connectivity index (χ1) is 9.97. The van der Waals surface area contributed by atoms with Crippen LogP contribution in [-0.4, -0.2) is 17.0 Å². The summed E-state index contributed by atoms with van der Waals surface area (Å²) >= 11 is 0. The van der Waals surface area contributed by atoms with Crippen LogP contribution in [0.15, 0.2) is 42.5 Å². The molecule has 1 amide bonds. The molecule has 5 heteroatoms. The predicted octanol–water partition coefficient (Wildman–Crippen LogP) is 3.01. The van der Waals surface area contributed by atoms with Gasteiger partial charge in [-0.1, -0.05) is 24.3 Å². The maximum Gasteiger partial charge on any atom is 0.307 e. The Morgan fingerprint density at radius 3 is 2.43 bits per heavy atom. The van der Waals surface area contributed by atoms with Crippen LogP contribution in [0.25, 0.3) is 0 Å². The number of aliphatic carboxylic acids is 1. The van der Waals surface area contributed by atoms with Gasteiger partial charge < -0.3 is 10.4 Å². The minimum atomic E-state index is -0.923. The minimum Gasteiger partial charge on any atom is -0.481 e. The lowest BCUT2D eigenvalue weighted by Crippen LogP contribution is -2.14. The lowest BCUT2D eigenvalue weighted by molar-refractivity contribution is -0.136. The molecule has 2 rings (SSSR count). The standard InChI is InChI=1S/C16H14FNO3/c1-10-3-2-4-13(15(10)17)16(21)18-12-7-5-11(6-8-12)9-14(19)20/h2-8H,9H2,1H3,(H,18,21)(H,19,20). The van der Waals surface area contributed by atoms with Crippen molar-refractivity contribution in [3.8, 4) is 0 Å². The van der Waals surface area contributed by atoms with Crippen molar-refractivity contribution in [2.75, 3.05) is 5.32 Å². The number of benzene rings is 2. The van der Waals surface area contributed by atoms with E-state index in [1.54, 1.807) is 43.3 Å². The van der Waals surface area contributed by atoms with Gasteiger partial charge >= 0.3 is 5.97 Å². The highest BCUT2D eigenvalue weighted by Gasteiger charge is 2.13. The van der Waals surface area contributed by atoms with E-state index in [9.17, 15) is 14.0 Å². The number of halogens is 1. The SMILES string of the molecule is Cc1cccc(C(=O)Nc2ccc(CC(=O)O)cc2)c1F. The smallest absolute Gasteiger partial charge is 0.307 e. The Labute approximate surface area is 121 Å². The third kappa shape index (κ3) is 3.66.